The van der Waals surface area contributed by atoms with E-state index in [-0.39, 0.29) is 33.8 Å². The molecule has 1 aromatic heterocycles. The van der Waals surface area contributed by atoms with E-state index in [1.165, 1.54) is 24.3 Å². The van der Waals surface area contributed by atoms with Gasteiger partial charge >= 0.3 is 0 Å². The number of halogens is 1. The summed E-state index contributed by atoms with van der Waals surface area (Å²) in [5.41, 5.74) is 4.41. The molecule has 3 N–H and O–H groups in total. The second-order valence-corrected chi connectivity index (χ2v) is 9.17. The molecule has 0 radical (unpaired) electrons. The maximum Gasteiger partial charge on any atom is 0.295 e. The van der Waals surface area contributed by atoms with Crippen molar-refractivity contribution in [2.24, 2.45) is 0 Å². The molecule has 5 rings (SSSR count). The van der Waals surface area contributed by atoms with Crippen molar-refractivity contribution >= 4 is 44.3 Å². The number of para-hydroxylation sites is 1. The van der Waals surface area contributed by atoms with Crippen molar-refractivity contribution in [3.05, 3.63) is 72.3 Å². The summed E-state index contributed by atoms with van der Waals surface area (Å²) >= 11 is 0. The van der Waals surface area contributed by atoms with Gasteiger partial charge in [0.15, 0.2) is 0 Å². The number of aromatic hydroxyl groups is 1. The quantitative estimate of drug-likeness (QED) is 0.273. The van der Waals surface area contributed by atoms with E-state index in [0.717, 1.165) is 16.7 Å². The zero-order chi connectivity index (χ0) is 23.3. The summed E-state index contributed by atoms with van der Waals surface area (Å²) in [5, 5.41) is 10.9. The van der Waals surface area contributed by atoms with Gasteiger partial charge in [0.25, 0.3) is 10.1 Å². The summed E-state index contributed by atoms with van der Waals surface area (Å²) in [6, 6.07) is 19.6. The van der Waals surface area contributed by atoms with Crippen LogP contribution in [0.2, 0.25) is 0 Å². The highest BCUT2D eigenvalue weighted by Gasteiger charge is 2.22. The monoisotopic (exact) mass is 496 g/mol. The number of hydrogen-bond acceptors (Lipinski definition) is 5. The van der Waals surface area contributed by atoms with Crippen molar-refractivity contribution in [2.45, 2.75) is 11.8 Å². The fourth-order valence-electron chi connectivity index (χ4n) is 4.13. The molecule has 5 aromatic rings. The van der Waals surface area contributed by atoms with Crippen LogP contribution in [0.3, 0.4) is 0 Å². The van der Waals surface area contributed by atoms with Crippen LogP contribution in [0.4, 0.5) is 0 Å². The van der Waals surface area contributed by atoms with Crippen molar-refractivity contribution in [3.8, 4) is 34.0 Å². The minimum Gasteiger partial charge on any atom is -0.507 e. The Labute approximate surface area is 202 Å². The lowest BCUT2D eigenvalue weighted by atomic mass is 10.00. The molecule has 0 aliphatic heterocycles. The standard InChI is InChI=1S/C25H20N2O5S.ClH/c1-14-9-11-15(12-10-14)16-5-3-7-18(24(16)32-2)25-26-19-13-21(33(29,30)31)17-6-4-8-20(28)22(17)23(19)27-25;/h3-13,28H,1-2H3,(H,26,27)(H,29,30,31);1H. The van der Waals surface area contributed by atoms with Crippen molar-refractivity contribution < 1.29 is 22.8 Å². The number of phenolic OH excluding ortho intramolecular Hbond substituents is 1. The number of rotatable bonds is 4. The third kappa shape index (κ3) is 3.86. The molecule has 174 valence electrons. The average Bonchev–Trinajstić information content (AvgIpc) is 3.22. The third-order valence-corrected chi connectivity index (χ3v) is 6.56. The second kappa shape index (κ2) is 8.64. The van der Waals surface area contributed by atoms with Gasteiger partial charge in [-0.1, -0.05) is 54.1 Å². The molecule has 1 heterocycles. The van der Waals surface area contributed by atoms with Crippen LogP contribution in [0.1, 0.15) is 5.56 Å². The molecule has 0 saturated heterocycles. The molecule has 9 heteroatoms. The van der Waals surface area contributed by atoms with E-state index in [2.05, 4.69) is 9.97 Å². The first-order chi connectivity index (χ1) is 15.8. The molecule has 0 amide bonds. The van der Waals surface area contributed by atoms with Crippen molar-refractivity contribution in [2.75, 3.05) is 7.11 Å². The van der Waals surface area contributed by atoms with Gasteiger partial charge in [0.1, 0.15) is 27.7 Å². The van der Waals surface area contributed by atoms with Crippen LogP contribution in [-0.4, -0.2) is 35.2 Å². The molecule has 0 saturated carbocycles. The Morgan fingerprint density at radius 1 is 0.971 bits per heavy atom. The Bertz CT molecular complexity index is 1640. The number of hydrogen-bond donors (Lipinski definition) is 3. The van der Waals surface area contributed by atoms with Gasteiger partial charge in [0.2, 0.25) is 0 Å². The average molecular weight is 497 g/mol. The molecular formula is C25H21ClN2O5S. The summed E-state index contributed by atoms with van der Waals surface area (Å²) in [4.78, 5) is 7.50. The van der Waals surface area contributed by atoms with E-state index in [4.69, 9.17) is 4.74 Å². The zero-order valence-corrected chi connectivity index (χ0v) is 19.9. The molecular weight excluding hydrogens is 476 g/mol. The minimum absolute atomic E-state index is 0. The van der Waals surface area contributed by atoms with E-state index in [0.29, 0.717) is 28.2 Å². The SMILES string of the molecule is COc1c(-c2ccc(C)cc2)cccc1-c1nc2c(cc(S(=O)(=O)O)c3cccc(O)c32)[nH]1.Cl. The van der Waals surface area contributed by atoms with Crippen LogP contribution >= 0.6 is 12.4 Å². The zero-order valence-electron chi connectivity index (χ0n) is 18.2. The molecule has 0 aliphatic carbocycles. The minimum atomic E-state index is -4.54. The fourth-order valence-corrected chi connectivity index (χ4v) is 4.84. The number of ether oxygens (including phenoxy) is 1. The largest absolute Gasteiger partial charge is 0.507 e. The number of fused-ring (bicyclic) bond motifs is 3. The number of H-pyrrole nitrogens is 1. The Hall–Kier alpha value is -3.59. The van der Waals surface area contributed by atoms with Crippen molar-refractivity contribution in [1.29, 1.82) is 0 Å². The number of aryl methyl sites for hydroxylation is 1. The molecule has 4 aromatic carbocycles. The number of nitrogens with zero attached hydrogens (tertiary/aromatic N) is 1. The maximum absolute atomic E-state index is 12.0. The number of phenols is 1. The molecule has 0 atom stereocenters. The number of benzene rings is 4. The molecule has 0 spiro atoms. The number of aromatic nitrogens is 2. The molecule has 0 bridgehead atoms. The van der Waals surface area contributed by atoms with Gasteiger partial charge in [-0.25, -0.2) is 4.98 Å². The van der Waals surface area contributed by atoms with Gasteiger partial charge in [-0.2, -0.15) is 8.42 Å². The molecule has 0 unspecified atom stereocenters. The third-order valence-electron chi connectivity index (χ3n) is 5.67. The highest BCUT2D eigenvalue weighted by molar-refractivity contribution is 7.86. The lowest BCUT2D eigenvalue weighted by Crippen LogP contribution is -1.99. The van der Waals surface area contributed by atoms with Crippen LogP contribution in [0.25, 0.3) is 44.3 Å². The normalized spacial score (nSPS) is 11.5. The van der Waals surface area contributed by atoms with E-state index in [9.17, 15) is 18.1 Å². The van der Waals surface area contributed by atoms with E-state index in [1.807, 2.05) is 49.4 Å². The van der Waals surface area contributed by atoms with Gasteiger partial charge < -0.3 is 14.8 Å². The Morgan fingerprint density at radius 2 is 1.65 bits per heavy atom. The number of methoxy groups -OCH3 is 1. The lowest BCUT2D eigenvalue weighted by Gasteiger charge is -2.12. The van der Waals surface area contributed by atoms with Gasteiger partial charge in [0, 0.05) is 10.9 Å². The topological polar surface area (TPSA) is 113 Å². The van der Waals surface area contributed by atoms with Gasteiger partial charge in [-0.05, 0) is 30.7 Å². The molecule has 34 heavy (non-hydrogen) atoms. The predicted octanol–water partition coefficient (Wildman–Crippen LogP) is 5.74. The summed E-state index contributed by atoms with van der Waals surface area (Å²) in [5.74, 6) is 0.901. The number of nitrogens with one attached hydrogen (secondary N) is 1. The van der Waals surface area contributed by atoms with Crippen LogP contribution in [0.15, 0.2) is 71.6 Å². The summed E-state index contributed by atoms with van der Waals surface area (Å²) in [6.07, 6.45) is 0. The highest BCUT2D eigenvalue weighted by atomic mass is 35.5. The van der Waals surface area contributed by atoms with Gasteiger partial charge in [-0.3, -0.25) is 4.55 Å². The van der Waals surface area contributed by atoms with E-state index >= 15 is 0 Å². The Morgan fingerprint density at radius 3 is 2.32 bits per heavy atom. The fraction of sp³-hybridized carbons (Fsp3) is 0.0800. The summed E-state index contributed by atoms with van der Waals surface area (Å²) in [6.45, 7) is 2.02. The van der Waals surface area contributed by atoms with Crippen LogP contribution in [0, 0.1) is 6.92 Å². The van der Waals surface area contributed by atoms with Gasteiger partial charge in [-0.15, -0.1) is 12.4 Å². The van der Waals surface area contributed by atoms with Crippen molar-refractivity contribution in [1.82, 2.24) is 9.97 Å². The maximum atomic E-state index is 12.0. The first-order valence-corrected chi connectivity index (χ1v) is 11.6. The summed E-state index contributed by atoms with van der Waals surface area (Å²) in [7, 11) is -2.96. The first kappa shape index (κ1) is 23.6. The first-order valence-electron chi connectivity index (χ1n) is 10.1. The number of imidazole rings is 1. The Balaban J connectivity index is 0.00000274. The lowest BCUT2D eigenvalue weighted by molar-refractivity contribution is 0.418. The van der Waals surface area contributed by atoms with Crippen LogP contribution in [0.5, 0.6) is 11.5 Å². The second-order valence-electron chi connectivity index (χ2n) is 7.78. The predicted molar refractivity (Wildman–Crippen MR) is 134 cm³/mol. The number of aromatic amines is 1. The van der Waals surface area contributed by atoms with Crippen molar-refractivity contribution in [3.63, 3.8) is 0 Å². The Kier molecular flexibility index (Phi) is 5.99. The molecule has 0 aliphatic rings. The van der Waals surface area contributed by atoms with Crippen LogP contribution in [-0.2, 0) is 10.1 Å². The molecule has 0 fully saturated rings. The highest BCUT2D eigenvalue weighted by Crippen LogP contribution is 2.41. The van der Waals surface area contributed by atoms with E-state index in [1.54, 1.807) is 7.11 Å². The molecule has 7 nitrogen and oxygen atoms in total. The summed E-state index contributed by atoms with van der Waals surface area (Å²) < 4.78 is 39.6. The smallest absolute Gasteiger partial charge is 0.295 e. The van der Waals surface area contributed by atoms with Gasteiger partial charge in [0.05, 0.1) is 23.6 Å². The van der Waals surface area contributed by atoms with E-state index < -0.39 is 10.1 Å². The van der Waals surface area contributed by atoms with Crippen LogP contribution < -0.4 is 4.74 Å².